The zero-order chi connectivity index (χ0) is 24.6. The summed E-state index contributed by atoms with van der Waals surface area (Å²) in [7, 11) is 0. The molecule has 2 aliphatic rings. The molecular weight excluding hydrogens is 455 g/mol. The van der Waals surface area contributed by atoms with E-state index >= 15 is 0 Å². The normalized spacial score (nSPS) is 20.6. The van der Waals surface area contributed by atoms with Crippen LogP contribution in [0, 0.1) is 11.8 Å². The lowest BCUT2D eigenvalue weighted by Gasteiger charge is -2.31. The summed E-state index contributed by atoms with van der Waals surface area (Å²) in [5, 5.41) is 1.04. The Balaban J connectivity index is 1.40. The Kier molecular flexibility index (Phi) is 6.47. The van der Waals surface area contributed by atoms with E-state index in [2.05, 4.69) is 16.6 Å². The molecule has 1 saturated carbocycles. The number of rotatable bonds is 5. The SMILES string of the molecule is CC1CCC(CC(=O)N2CCc3c(n(Cc4cccc(OC(F)(F)F)c4)c4ncccc34)C2)CC1. The lowest BCUT2D eigenvalue weighted by Crippen LogP contribution is -2.37. The molecule has 0 bridgehead atoms. The highest BCUT2D eigenvalue weighted by molar-refractivity contribution is 5.84. The molecular formula is C27H30F3N3O2. The van der Waals surface area contributed by atoms with Crippen LogP contribution in [-0.4, -0.2) is 33.3 Å². The van der Waals surface area contributed by atoms with Crippen molar-refractivity contribution in [2.75, 3.05) is 6.54 Å². The first kappa shape index (κ1) is 23.7. The molecule has 35 heavy (non-hydrogen) atoms. The van der Waals surface area contributed by atoms with E-state index in [-0.39, 0.29) is 11.7 Å². The lowest BCUT2D eigenvalue weighted by atomic mass is 9.81. The van der Waals surface area contributed by atoms with Crippen molar-refractivity contribution in [3.05, 3.63) is 59.4 Å². The molecule has 5 rings (SSSR count). The van der Waals surface area contributed by atoms with Crippen LogP contribution in [-0.2, 0) is 24.3 Å². The first-order valence-electron chi connectivity index (χ1n) is 12.3. The van der Waals surface area contributed by atoms with Gasteiger partial charge in [-0.1, -0.05) is 31.9 Å². The molecule has 3 heterocycles. The summed E-state index contributed by atoms with van der Waals surface area (Å²) in [6, 6.07) is 9.96. The maximum absolute atomic E-state index is 13.2. The minimum absolute atomic E-state index is 0.195. The number of hydrogen-bond acceptors (Lipinski definition) is 3. The maximum atomic E-state index is 13.2. The number of halogens is 3. The minimum atomic E-state index is -4.74. The van der Waals surface area contributed by atoms with Crippen molar-refractivity contribution in [3.8, 4) is 5.75 Å². The van der Waals surface area contributed by atoms with Crippen LogP contribution < -0.4 is 4.74 Å². The minimum Gasteiger partial charge on any atom is -0.406 e. The van der Waals surface area contributed by atoms with Crippen LogP contribution in [0.25, 0.3) is 11.0 Å². The van der Waals surface area contributed by atoms with Gasteiger partial charge < -0.3 is 14.2 Å². The number of fused-ring (bicyclic) bond motifs is 3. The third-order valence-electron chi connectivity index (χ3n) is 7.44. The summed E-state index contributed by atoms with van der Waals surface area (Å²) < 4.78 is 44.3. The molecule has 0 radical (unpaired) electrons. The standard InChI is InChI=1S/C27H30F3N3O2/c1-18-7-9-19(10-8-18)15-25(34)32-13-11-22-23-6-3-12-31-26(23)33(24(22)17-32)16-20-4-2-5-21(14-20)35-27(28,29)30/h2-6,12,14,18-19H,7-11,13,15-17H2,1H3. The molecule has 5 nitrogen and oxygen atoms in total. The van der Waals surface area contributed by atoms with Gasteiger partial charge in [-0.2, -0.15) is 0 Å². The molecule has 0 atom stereocenters. The van der Waals surface area contributed by atoms with Crippen LogP contribution in [0.15, 0.2) is 42.6 Å². The van der Waals surface area contributed by atoms with Crippen molar-refractivity contribution in [3.63, 3.8) is 0 Å². The fourth-order valence-corrected chi connectivity index (χ4v) is 5.58. The van der Waals surface area contributed by atoms with Gasteiger partial charge in [-0.3, -0.25) is 4.79 Å². The Hall–Kier alpha value is -3.03. The summed E-state index contributed by atoms with van der Waals surface area (Å²) in [4.78, 5) is 19.7. The third-order valence-corrected chi connectivity index (χ3v) is 7.44. The molecule has 1 fully saturated rings. The first-order valence-corrected chi connectivity index (χ1v) is 12.3. The van der Waals surface area contributed by atoms with Gasteiger partial charge in [0.2, 0.25) is 5.91 Å². The highest BCUT2D eigenvalue weighted by Crippen LogP contribution is 2.34. The third kappa shape index (κ3) is 5.31. The Morgan fingerprint density at radius 2 is 1.94 bits per heavy atom. The van der Waals surface area contributed by atoms with E-state index < -0.39 is 6.36 Å². The maximum Gasteiger partial charge on any atom is 0.573 e. The van der Waals surface area contributed by atoms with Gasteiger partial charge in [0, 0.05) is 36.8 Å². The molecule has 8 heteroatoms. The molecule has 1 aliphatic carbocycles. The molecule has 2 aromatic heterocycles. The highest BCUT2D eigenvalue weighted by atomic mass is 19.4. The summed E-state index contributed by atoms with van der Waals surface area (Å²) >= 11 is 0. The van der Waals surface area contributed by atoms with E-state index in [0.717, 1.165) is 41.9 Å². The number of hydrogen-bond donors (Lipinski definition) is 0. The smallest absolute Gasteiger partial charge is 0.406 e. The van der Waals surface area contributed by atoms with Gasteiger partial charge in [0.25, 0.3) is 0 Å². The van der Waals surface area contributed by atoms with Crippen molar-refractivity contribution in [2.24, 2.45) is 11.8 Å². The predicted octanol–water partition coefficient (Wildman–Crippen LogP) is 6.08. The van der Waals surface area contributed by atoms with Crippen molar-refractivity contribution >= 4 is 16.9 Å². The number of alkyl halides is 3. The Morgan fingerprint density at radius 3 is 2.71 bits per heavy atom. The van der Waals surface area contributed by atoms with Crippen molar-refractivity contribution in [2.45, 2.75) is 64.9 Å². The van der Waals surface area contributed by atoms with Gasteiger partial charge in [0.15, 0.2) is 0 Å². The molecule has 3 aromatic rings. The van der Waals surface area contributed by atoms with E-state index in [1.165, 1.54) is 30.5 Å². The van der Waals surface area contributed by atoms with Gasteiger partial charge in [-0.25, -0.2) is 4.98 Å². The Bertz CT molecular complexity index is 1210. The molecule has 0 N–H and O–H groups in total. The number of carbonyl (C=O) groups is 1. The molecule has 0 unspecified atom stereocenters. The van der Waals surface area contributed by atoms with Crippen LogP contribution in [0.5, 0.6) is 5.75 Å². The number of nitrogens with zero attached hydrogens (tertiary/aromatic N) is 3. The number of pyridine rings is 1. The van der Waals surface area contributed by atoms with E-state index in [1.807, 2.05) is 21.6 Å². The second-order valence-electron chi connectivity index (χ2n) is 9.98. The van der Waals surface area contributed by atoms with Gasteiger partial charge >= 0.3 is 6.36 Å². The summed E-state index contributed by atoms with van der Waals surface area (Å²) in [5.41, 5.74) is 3.65. The fourth-order valence-electron chi connectivity index (χ4n) is 5.58. The predicted molar refractivity (Wildman–Crippen MR) is 127 cm³/mol. The van der Waals surface area contributed by atoms with Gasteiger partial charge in [-0.15, -0.1) is 13.2 Å². The van der Waals surface area contributed by atoms with Crippen molar-refractivity contribution in [1.82, 2.24) is 14.5 Å². The lowest BCUT2D eigenvalue weighted by molar-refractivity contribution is -0.274. The first-order chi connectivity index (χ1) is 16.8. The zero-order valence-corrected chi connectivity index (χ0v) is 19.9. The average molecular weight is 486 g/mol. The van der Waals surface area contributed by atoms with Crippen LogP contribution in [0.1, 0.15) is 55.8 Å². The van der Waals surface area contributed by atoms with E-state index in [1.54, 1.807) is 18.3 Å². The van der Waals surface area contributed by atoms with Crippen molar-refractivity contribution in [1.29, 1.82) is 0 Å². The number of ether oxygens (including phenoxy) is 1. The summed E-state index contributed by atoms with van der Waals surface area (Å²) in [6.45, 7) is 3.80. The fraction of sp³-hybridized carbons (Fsp3) is 0.481. The Labute approximate surface area is 202 Å². The molecule has 1 aliphatic heterocycles. The highest BCUT2D eigenvalue weighted by Gasteiger charge is 2.32. The number of benzene rings is 1. The van der Waals surface area contributed by atoms with Crippen molar-refractivity contribution < 1.29 is 22.7 Å². The second kappa shape index (κ2) is 9.55. The van der Waals surface area contributed by atoms with Crippen LogP contribution in [0.4, 0.5) is 13.2 Å². The molecule has 1 amide bonds. The number of aromatic nitrogens is 2. The van der Waals surface area contributed by atoms with Crippen LogP contribution in [0.2, 0.25) is 0 Å². The molecule has 0 spiro atoms. The average Bonchev–Trinajstić information content (AvgIpc) is 3.13. The van der Waals surface area contributed by atoms with Gasteiger partial charge in [0.1, 0.15) is 11.4 Å². The number of carbonyl (C=O) groups excluding carboxylic acids is 1. The topological polar surface area (TPSA) is 47.4 Å². The quantitative estimate of drug-likeness (QED) is 0.440. The van der Waals surface area contributed by atoms with Crippen LogP contribution >= 0.6 is 0 Å². The van der Waals surface area contributed by atoms with E-state index in [0.29, 0.717) is 37.5 Å². The van der Waals surface area contributed by atoms with Crippen LogP contribution in [0.3, 0.4) is 0 Å². The summed E-state index contributed by atoms with van der Waals surface area (Å²) in [5.74, 6) is 1.17. The Morgan fingerprint density at radius 1 is 1.14 bits per heavy atom. The molecule has 1 aromatic carbocycles. The van der Waals surface area contributed by atoms with E-state index in [9.17, 15) is 18.0 Å². The van der Waals surface area contributed by atoms with Gasteiger partial charge in [0.05, 0.1) is 6.54 Å². The summed E-state index contributed by atoms with van der Waals surface area (Å²) in [6.07, 6.45) is 2.95. The van der Waals surface area contributed by atoms with Gasteiger partial charge in [-0.05, 0) is 66.5 Å². The zero-order valence-electron chi connectivity index (χ0n) is 19.9. The molecule has 186 valence electrons. The monoisotopic (exact) mass is 485 g/mol. The number of amides is 1. The van der Waals surface area contributed by atoms with E-state index in [4.69, 9.17) is 0 Å². The largest absolute Gasteiger partial charge is 0.573 e. The molecule has 0 saturated heterocycles. The second-order valence-corrected chi connectivity index (χ2v) is 9.98.